The van der Waals surface area contributed by atoms with Gasteiger partial charge in [0.1, 0.15) is 5.76 Å². The van der Waals surface area contributed by atoms with Crippen LogP contribution < -0.4 is 0 Å². The summed E-state index contributed by atoms with van der Waals surface area (Å²) in [4.78, 5) is 16.5. The molecule has 0 radical (unpaired) electrons. The highest BCUT2D eigenvalue weighted by atomic mass is 32.2. The van der Waals surface area contributed by atoms with Crippen LogP contribution in [0.5, 0.6) is 0 Å². The van der Waals surface area contributed by atoms with Crippen LogP contribution in [0.3, 0.4) is 0 Å². The van der Waals surface area contributed by atoms with E-state index < -0.39 is 10.0 Å². The van der Waals surface area contributed by atoms with E-state index >= 15 is 0 Å². The predicted octanol–water partition coefficient (Wildman–Crippen LogP) is 3.97. The smallest absolute Gasteiger partial charge is 0.243 e. The minimum absolute atomic E-state index is 0.0524. The fraction of sp³-hybridized carbons (Fsp3) is 0.318. The third-order valence-corrected chi connectivity index (χ3v) is 8.12. The third kappa shape index (κ3) is 4.66. The lowest BCUT2D eigenvalue weighted by Gasteiger charge is -2.33. The molecule has 3 heterocycles. The lowest BCUT2D eigenvalue weighted by atomic mass is 9.96. The zero-order chi connectivity index (χ0) is 21.0. The van der Waals surface area contributed by atoms with Gasteiger partial charge in [-0.05, 0) is 48.6 Å². The van der Waals surface area contributed by atoms with E-state index in [1.165, 1.54) is 4.31 Å². The Bertz CT molecular complexity index is 1000. The van der Waals surface area contributed by atoms with E-state index in [0.29, 0.717) is 43.9 Å². The lowest BCUT2D eigenvalue weighted by molar-refractivity contribution is -0.138. The zero-order valence-corrected chi connectivity index (χ0v) is 18.1. The number of hydrogen-bond donors (Lipinski definition) is 0. The molecule has 6 nitrogen and oxygen atoms in total. The maximum absolute atomic E-state index is 13.3. The number of carbonyl (C=O) groups excluding carboxylic acids is 1. The molecule has 0 atom stereocenters. The molecule has 0 spiro atoms. The first kappa shape index (κ1) is 20.8. The van der Waals surface area contributed by atoms with E-state index in [9.17, 15) is 13.2 Å². The van der Waals surface area contributed by atoms with Gasteiger partial charge >= 0.3 is 0 Å². The largest absolute Gasteiger partial charge is 0.467 e. The van der Waals surface area contributed by atoms with Gasteiger partial charge in [0.2, 0.25) is 15.9 Å². The molecule has 1 saturated heterocycles. The summed E-state index contributed by atoms with van der Waals surface area (Å²) in [5.41, 5.74) is 0. The first-order valence-corrected chi connectivity index (χ1v) is 12.2. The quantitative estimate of drug-likeness (QED) is 0.553. The van der Waals surface area contributed by atoms with Crippen molar-refractivity contribution in [3.63, 3.8) is 0 Å². The Morgan fingerprint density at radius 1 is 1.03 bits per heavy atom. The Hall–Kier alpha value is -2.42. The molecule has 4 rings (SSSR count). The van der Waals surface area contributed by atoms with Crippen molar-refractivity contribution in [2.75, 3.05) is 13.1 Å². The van der Waals surface area contributed by atoms with Crippen LogP contribution in [0.2, 0.25) is 0 Å². The van der Waals surface area contributed by atoms with Gasteiger partial charge < -0.3 is 9.32 Å². The Labute approximate surface area is 180 Å². The zero-order valence-electron chi connectivity index (χ0n) is 16.5. The molecule has 1 aliphatic heterocycles. The fourth-order valence-corrected chi connectivity index (χ4v) is 5.95. The molecule has 30 heavy (non-hydrogen) atoms. The predicted molar refractivity (Wildman–Crippen MR) is 115 cm³/mol. The Morgan fingerprint density at radius 2 is 1.80 bits per heavy atom. The molecule has 1 aromatic carbocycles. The number of sulfonamides is 1. The standard InChI is InChI=1S/C22H24N2O4S2/c25-22(23(16-19-6-4-14-28-19)17-20-7-5-15-29-20)18-10-12-24(13-11-18)30(26,27)21-8-2-1-3-9-21/h1-9,14-15,18H,10-13,16-17H2. The van der Waals surface area contributed by atoms with Gasteiger partial charge in [0.05, 0.1) is 24.2 Å². The molecule has 0 unspecified atom stereocenters. The fourth-order valence-electron chi connectivity index (χ4n) is 3.74. The number of furan rings is 1. The maximum Gasteiger partial charge on any atom is 0.243 e. The minimum Gasteiger partial charge on any atom is -0.467 e. The third-order valence-electron chi connectivity index (χ3n) is 5.35. The summed E-state index contributed by atoms with van der Waals surface area (Å²) in [6.45, 7) is 1.63. The normalized spacial score (nSPS) is 15.9. The number of nitrogens with zero attached hydrogens (tertiary/aromatic N) is 2. The van der Waals surface area contributed by atoms with Crippen LogP contribution in [-0.4, -0.2) is 36.6 Å². The first-order valence-electron chi connectivity index (χ1n) is 9.93. The molecular weight excluding hydrogens is 420 g/mol. The molecule has 158 valence electrons. The number of amides is 1. The Balaban J connectivity index is 1.43. The van der Waals surface area contributed by atoms with Crippen molar-refractivity contribution < 1.29 is 17.6 Å². The van der Waals surface area contributed by atoms with Crippen molar-refractivity contribution in [3.8, 4) is 0 Å². The molecule has 1 fully saturated rings. The van der Waals surface area contributed by atoms with Crippen LogP contribution in [0.25, 0.3) is 0 Å². The summed E-state index contributed by atoms with van der Waals surface area (Å²) >= 11 is 1.62. The van der Waals surface area contributed by atoms with Crippen molar-refractivity contribution >= 4 is 27.3 Å². The van der Waals surface area contributed by atoms with Crippen molar-refractivity contribution in [1.29, 1.82) is 0 Å². The van der Waals surface area contributed by atoms with Crippen LogP contribution in [0, 0.1) is 5.92 Å². The summed E-state index contributed by atoms with van der Waals surface area (Å²) in [6.07, 6.45) is 2.64. The van der Waals surface area contributed by atoms with Crippen molar-refractivity contribution in [2.45, 2.75) is 30.8 Å². The van der Waals surface area contributed by atoms with Crippen LogP contribution >= 0.6 is 11.3 Å². The van der Waals surface area contributed by atoms with Gasteiger partial charge in [-0.15, -0.1) is 11.3 Å². The van der Waals surface area contributed by atoms with Crippen molar-refractivity contribution in [1.82, 2.24) is 9.21 Å². The Morgan fingerprint density at radius 3 is 2.43 bits per heavy atom. The number of piperidine rings is 1. The maximum atomic E-state index is 13.3. The van der Waals surface area contributed by atoms with E-state index in [0.717, 1.165) is 10.6 Å². The van der Waals surface area contributed by atoms with Crippen LogP contribution in [-0.2, 0) is 27.9 Å². The molecule has 1 aliphatic rings. The molecule has 0 aliphatic carbocycles. The van der Waals surface area contributed by atoms with Gasteiger partial charge in [0.15, 0.2) is 0 Å². The van der Waals surface area contributed by atoms with Gasteiger partial charge in [0, 0.05) is 23.9 Å². The Kier molecular flexibility index (Phi) is 6.36. The van der Waals surface area contributed by atoms with Crippen LogP contribution in [0.4, 0.5) is 0 Å². The van der Waals surface area contributed by atoms with Crippen LogP contribution in [0.15, 0.2) is 75.6 Å². The lowest BCUT2D eigenvalue weighted by Crippen LogP contribution is -2.44. The second-order valence-electron chi connectivity index (χ2n) is 7.34. The molecule has 8 heteroatoms. The number of hydrogen-bond acceptors (Lipinski definition) is 5. The molecule has 2 aromatic heterocycles. The second-order valence-corrected chi connectivity index (χ2v) is 10.3. The van der Waals surface area contributed by atoms with Crippen molar-refractivity contribution in [2.24, 2.45) is 5.92 Å². The SMILES string of the molecule is O=C(C1CCN(S(=O)(=O)c2ccccc2)CC1)N(Cc1ccco1)Cc1cccs1. The van der Waals surface area contributed by atoms with E-state index in [1.54, 1.807) is 47.9 Å². The van der Waals surface area contributed by atoms with Crippen LogP contribution in [0.1, 0.15) is 23.5 Å². The highest BCUT2D eigenvalue weighted by Gasteiger charge is 2.34. The topological polar surface area (TPSA) is 70.8 Å². The minimum atomic E-state index is -3.52. The molecule has 0 bridgehead atoms. The first-order chi connectivity index (χ1) is 14.5. The van der Waals surface area contributed by atoms with Gasteiger partial charge in [-0.1, -0.05) is 24.3 Å². The number of benzene rings is 1. The average molecular weight is 445 g/mol. The number of thiophene rings is 1. The number of carbonyl (C=O) groups is 1. The summed E-state index contributed by atoms with van der Waals surface area (Å²) < 4.78 is 32.6. The molecule has 3 aromatic rings. The van der Waals surface area contributed by atoms with E-state index in [2.05, 4.69) is 0 Å². The van der Waals surface area contributed by atoms with Gasteiger partial charge in [-0.2, -0.15) is 4.31 Å². The van der Waals surface area contributed by atoms with Gasteiger partial charge in [-0.25, -0.2) is 8.42 Å². The highest BCUT2D eigenvalue weighted by Crippen LogP contribution is 2.26. The molecular formula is C22H24N2O4S2. The second kappa shape index (κ2) is 9.16. The highest BCUT2D eigenvalue weighted by molar-refractivity contribution is 7.89. The summed E-state index contributed by atoms with van der Waals surface area (Å²) in [7, 11) is -3.52. The number of rotatable bonds is 7. The summed E-state index contributed by atoms with van der Waals surface area (Å²) in [5.74, 6) is 0.600. The summed E-state index contributed by atoms with van der Waals surface area (Å²) in [5, 5.41) is 2.00. The van der Waals surface area contributed by atoms with E-state index in [4.69, 9.17) is 4.42 Å². The van der Waals surface area contributed by atoms with Gasteiger partial charge in [0.25, 0.3) is 0 Å². The molecule has 0 saturated carbocycles. The van der Waals surface area contributed by atoms with E-state index in [-0.39, 0.29) is 11.8 Å². The molecule has 1 amide bonds. The van der Waals surface area contributed by atoms with Gasteiger partial charge in [-0.3, -0.25) is 4.79 Å². The monoisotopic (exact) mass is 444 g/mol. The summed E-state index contributed by atoms with van der Waals surface area (Å²) in [6, 6.07) is 16.1. The van der Waals surface area contributed by atoms with Crippen molar-refractivity contribution in [3.05, 3.63) is 76.9 Å². The molecule has 0 N–H and O–H groups in total. The van der Waals surface area contributed by atoms with E-state index in [1.807, 2.05) is 34.5 Å². The average Bonchev–Trinajstić information content (AvgIpc) is 3.48.